The van der Waals surface area contributed by atoms with Gasteiger partial charge in [-0.25, -0.2) is 4.98 Å². The second-order valence-electron chi connectivity index (χ2n) is 7.23. The molecule has 2 aromatic carbocycles. The van der Waals surface area contributed by atoms with Crippen LogP contribution in [0.2, 0.25) is 0 Å². The molecule has 0 spiro atoms. The zero-order valence-corrected chi connectivity index (χ0v) is 18.6. The number of aliphatic hydroxyl groups excluding tert-OH is 1. The molecule has 0 saturated heterocycles. The summed E-state index contributed by atoms with van der Waals surface area (Å²) in [5, 5.41) is 10.5. The summed E-state index contributed by atoms with van der Waals surface area (Å²) < 4.78 is 14.5. The third-order valence-electron chi connectivity index (χ3n) is 5.17. The van der Waals surface area contributed by atoms with E-state index in [1.807, 2.05) is 42.5 Å². The van der Waals surface area contributed by atoms with Crippen LogP contribution in [0.25, 0.3) is 11.0 Å². The van der Waals surface area contributed by atoms with Crippen LogP contribution in [0, 0.1) is 0 Å². The Labute approximate surface area is 185 Å². The van der Waals surface area contributed by atoms with E-state index in [9.17, 15) is 5.11 Å². The molecule has 1 fully saturated rings. The molecule has 7 heteroatoms. The van der Waals surface area contributed by atoms with Crippen LogP contribution in [0.1, 0.15) is 31.0 Å². The van der Waals surface area contributed by atoms with E-state index in [-0.39, 0.29) is 19.0 Å². The number of aromatic nitrogens is 2. The van der Waals surface area contributed by atoms with Crippen LogP contribution in [0.5, 0.6) is 5.75 Å². The van der Waals surface area contributed by atoms with Crippen LogP contribution in [0.4, 0.5) is 0 Å². The Morgan fingerprint density at radius 1 is 1.10 bits per heavy atom. The van der Waals surface area contributed by atoms with Gasteiger partial charge in [-0.3, -0.25) is 0 Å². The van der Waals surface area contributed by atoms with Gasteiger partial charge in [0.05, 0.1) is 36.9 Å². The summed E-state index contributed by atoms with van der Waals surface area (Å²) in [4.78, 5) is 4.82. The first-order valence-corrected chi connectivity index (χ1v) is 10.6. The number of imidazole rings is 1. The van der Waals surface area contributed by atoms with E-state index in [0.29, 0.717) is 25.7 Å². The minimum absolute atomic E-state index is 0. The maximum Gasteiger partial charge on any atom is 0.119 e. The molecule has 0 amide bonds. The van der Waals surface area contributed by atoms with Gasteiger partial charge in [0.1, 0.15) is 18.2 Å². The molecule has 1 aromatic heterocycles. The Hall–Kier alpha value is -1.60. The number of hydrogen-bond acceptors (Lipinski definition) is 4. The van der Waals surface area contributed by atoms with Gasteiger partial charge in [-0.2, -0.15) is 0 Å². The van der Waals surface area contributed by atoms with Crippen LogP contribution >= 0.6 is 28.3 Å². The van der Waals surface area contributed by atoms with E-state index in [1.54, 1.807) is 0 Å². The van der Waals surface area contributed by atoms with Crippen molar-refractivity contribution < 1.29 is 14.6 Å². The molecule has 1 heterocycles. The van der Waals surface area contributed by atoms with Crippen molar-refractivity contribution in [1.82, 2.24) is 9.55 Å². The molecule has 1 unspecified atom stereocenters. The monoisotopic (exact) mass is 480 g/mol. The highest BCUT2D eigenvalue weighted by Crippen LogP contribution is 2.37. The molecule has 1 aliphatic carbocycles. The zero-order valence-electron chi connectivity index (χ0n) is 16.2. The second-order valence-corrected chi connectivity index (χ2v) is 8.14. The Morgan fingerprint density at radius 2 is 1.86 bits per heavy atom. The summed E-state index contributed by atoms with van der Waals surface area (Å²) in [6, 6.07) is 15.8. The number of hydrogen-bond donors (Lipinski definition) is 1. The summed E-state index contributed by atoms with van der Waals surface area (Å²) >= 11 is 3.40. The van der Waals surface area contributed by atoms with Crippen molar-refractivity contribution in [2.24, 2.45) is 0 Å². The molecular formula is C22H26BrClN2O3. The van der Waals surface area contributed by atoms with Gasteiger partial charge in [-0.1, -0.05) is 34.5 Å². The molecule has 4 rings (SSSR count). The summed E-state index contributed by atoms with van der Waals surface area (Å²) in [5.41, 5.74) is 2.09. The Bertz CT molecular complexity index is 912. The van der Waals surface area contributed by atoms with Gasteiger partial charge in [-0.15, -0.1) is 12.4 Å². The molecule has 5 nitrogen and oxygen atoms in total. The van der Waals surface area contributed by atoms with E-state index >= 15 is 0 Å². The lowest BCUT2D eigenvalue weighted by Gasteiger charge is -2.26. The van der Waals surface area contributed by atoms with E-state index in [4.69, 9.17) is 14.5 Å². The van der Waals surface area contributed by atoms with Crippen LogP contribution in [-0.4, -0.2) is 40.6 Å². The zero-order chi connectivity index (χ0) is 19.3. The highest BCUT2D eigenvalue weighted by molar-refractivity contribution is 9.10. The summed E-state index contributed by atoms with van der Waals surface area (Å²) in [6.07, 6.45) is 3.05. The quantitative estimate of drug-likeness (QED) is 0.440. The SMILES string of the molecule is Cl.OC(COCCOc1ccc(Br)cc1)Cn1c(C2CCC2)nc2ccccc21. The third kappa shape index (κ3) is 5.51. The van der Waals surface area contributed by atoms with Gasteiger partial charge >= 0.3 is 0 Å². The van der Waals surface area contributed by atoms with Gasteiger partial charge in [0, 0.05) is 10.4 Å². The normalized spacial score (nSPS) is 15.0. The molecule has 1 saturated carbocycles. The number of halogens is 2. The molecule has 3 aromatic rings. The lowest BCUT2D eigenvalue weighted by molar-refractivity contribution is 0.0173. The average molecular weight is 482 g/mol. The van der Waals surface area contributed by atoms with Crippen LogP contribution in [0.15, 0.2) is 53.0 Å². The maximum atomic E-state index is 10.5. The topological polar surface area (TPSA) is 56.5 Å². The smallest absolute Gasteiger partial charge is 0.119 e. The number of fused-ring (bicyclic) bond motifs is 1. The number of aliphatic hydroxyl groups is 1. The lowest BCUT2D eigenvalue weighted by Crippen LogP contribution is -2.26. The average Bonchev–Trinajstić information content (AvgIpc) is 2.99. The molecule has 29 heavy (non-hydrogen) atoms. The van der Waals surface area contributed by atoms with Crippen molar-refractivity contribution >= 4 is 39.4 Å². The van der Waals surface area contributed by atoms with E-state index in [0.717, 1.165) is 27.1 Å². The molecular weight excluding hydrogens is 456 g/mol. The first-order chi connectivity index (χ1) is 13.7. The first kappa shape index (κ1) is 22.1. The summed E-state index contributed by atoms with van der Waals surface area (Å²) in [6.45, 7) is 1.67. The van der Waals surface area contributed by atoms with E-state index in [1.165, 1.54) is 19.3 Å². The van der Waals surface area contributed by atoms with Crippen molar-refractivity contribution in [2.45, 2.75) is 37.8 Å². The summed E-state index contributed by atoms with van der Waals surface area (Å²) in [7, 11) is 0. The number of para-hydroxylation sites is 2. The van der Waals surface area contributed by atoms with Gasteiger partial charge in [-0.05, 0) is 49.2 Å². The van der Waals surface area contributed by atoms with Crippen molar-refractivity contribution in [3.63, 3.8) is 0 Å². The molecule has 0 bridgehead atoms. The molecule has 0 radical (unpaired) electrons. The van der Waals surface area contributed by atoms with Gasteiger partial charge in [0.15, 0.2) is 0 Å². The van der Waals surface area contributed by atoms with E-state index in [2.05, 4.69) is 26.6 Å². The van der Waals surface area contributed by atoms with Crippen molar-refractivity contribution in [3.8, 4) is 5.75 Å². The summed E-state index contributed by atoms with van der Waals surface area (Å²) in [5.74, 6) is 2.42. The fourth-order valence-electron chi connectivity index (χ4n) is 3.50. The van der Waals surface area contributed by atoms with Crippen LogP contribution < -0.4 is 4.74 Å². The van der Waals surface area contributed by atoms with Gasteiger partial charge in [0.2, 0.25) is 0 Å². The molecule has 0 aliphatic heterocycles. The van der Waals surface area contributed by atoms with Crippen LogP contribution in [-0.2, 0) is 11.3 Å². The maximum absolute atomic E-state index is 10.5. The van der Waals surface area contributed by atoms with Gasteiger partial charge < -0.3 is 19.1 Å². The lowest BCUT2D eigenvalue weighted by atomic mass is 9.85. The Kier molecular flexibility index (Phi) is 7.95. The van der Waals surface area contributed by atoms with E-state index < -0.39 is 6.10 Å². The fraction of sp³-hybridized carbons (Fsp3) is 0.409. The second kappa shape index (κ2) is 10.4. The van der Waals surface area contributed by atoms with Crippen molar-refractivity contribution in [1.29, 1.82) is 0 Å². The Morgan fingerprint density at radius 3 is 2.59 bits per heavy atom. The predicted octanol–water partition coefficient (Wildman–Crippen LogP) is 4.94. The molecule has 1 N–H and O–H groups in total. The minimum atomic E-state index is -0.580. The number of nitrogens with zero attached hydrogens (tertiary/aromatic N) is 2. The van der Waals surface area contributed by atoms with Crippen molar-refractivity contribution in [2.75, 3.05) is 19.8 Å². The standard InChI is InChI=1S/C22H25BrN2O3.ClH/c23-17-8-10-19(11-9-17)28-13-12-27-15-18(26)14-25-21-7-2-1-6-20(21)24-22(25)16-4-3-5-16;/h1-2,6-11,16,18,26H,3-5,12-15H2;1H. The van der Waals surface area contributed by atoms with Gasteiger partial charge in [0.25, 0.3) is 0 Å². The predicted molar refractivity (Wildman–Crippen MR) is 120 cm³/mol. The highest BCUT2D eigenvalue weighted by atomic mass is 79.9. The molecule has 1 atom stereocenters. The Balaban J connectivity index is 0.00000240. The number of benzene rings is 2. The van der Waals surface area contributed by atoms with Crippen molar-refractivity contribution in [3.05, 3.63) is 58.8 Å². The third-order valence-corrected chi connectivity index (χ3v) is 5.70. The fourth-order valence-corrected chi connectivity index (χ4v) is 3.76. The molecule has 1 aliphatic rings. The number of rotatable bonds is 9. The minimum Gasteiger partial charge on any atom is -0.491 e. The van der Waals surface area contributed by atoms with Crippen LogP contribution in [0.3, 0.4) is 0 Å². The molecule has 156 valence electrons. The largest absolute Gasteiger partial charge is 0.491 e. The number of ether oxygens (including phenoxy) is 2. The highest BCUT2D eigenvalue weighted by Gasteiger charge is 2.26. The first-order valence-electron chi connectivity index (χ1n) is 9.80.